The third kappa shape index (κ3) is 3.23. The summed E-state index contributed by atoms with van der Waals surface area (Å²) in [5.74, 6) is 0. The molecule has 1 aromatic carbocycles. The van der Waals surface area contributed by atoms with Crippen LogP contribution in [-0.2, 0) is 6.54 Å². The Morgan fingerprint density at radius 1 is 1.39 bits per heavy atom. The predicted molar refractivity (Wildman–Crippen MR) is 72.1 cm³/mol. The van der Waals surface area contributed by atoms with Crippen LogP contribution < -0.4 is 16.4 Å². The van der Waals surface area contributed by atoms with Crippen molar-refractivity contribution in [3.63, 3.8) is 0 Å². The molecule has 18 heavy (non-hydrogen) atoms. The molecule has 2 rings (SSSR count). The summed E-state index contributed by atoms with van der Waals surface area (Å²) in [6.45, 7) is 2.53. The van der Waals surface area contributed by atoms with Crippen LogP contribution in [0.15, 0.2) is 24.3 Å². The molecule has 1 aromatic rings. The van der Waals surface area contributed by atoms with Gasteiger partial charge in [0.1, 0.15) is 0 Å². The van der Waals surface area contributed by atoms with E-state index >= 15 is 0 Å². The summed E-state index contributed by atoms with van der Waals surface area (Å²) in [4.78, 5) is 11.7. The molecule has 1 atom stereocenters. The van der Waals surface area contributed by atoms with Gasteiger partial charge in [0.05, 0.1) is 6.04 Å². The summed E-state index contributed by atoms with van der Waals surface area (Å²) in [6, 6.07) is 8.32. The fraction of sp³-hybridized carbons (Fsp3) is 0.500. The highest BCUT2D eigenvalue weighted by Crippen LogP contribution is 2.18. The molecule has 2 amide bonds. The van der Waals surface area contributed by atoms with E-state index in [1.807, 2.05) is 31.2 Å². The van der Waals surface area contributed by atoms with Crippen molar-refractivity contribution in [2.75, 3.05) is 0 Å². The van der Waals surface area contributed by atoms with Crippen LogP contribution in [0.5, 0.6) is 0 Å². The Labute approximate surface area is 108 Å². The van der Waals surface area contributed by atoms with Crippen LogP contribution >= 0.6 is 0 Å². The van der Waals surface area contributed by atoms with Gasteiger partial charge in [-0.05, 0) is 37.3 Å². The number of amides is 2. The predicted octanol–water partition coefficient (Wildman–Crippen LogP) is 2.06. The molecule has 0 radical (unpaired) electrons. The van der Waals surface area contributed by atoms with Gasteiger partial charge in [-0.15, -0.1) is 0 Å². The van der Waals surface area contributed by atoms with E-state index in [4.69, 9.17) is 5.73 Å². The first-order valence-corrected chi connectivity index (χ1v) is 6.55. The van der Waals surface area contributed by atoms with Crippen molar-refractivity contribution in [2.45, 2.75) is 44.8 Å². The van der Waals surface area contributed by atoms with E-state index in [9.17, 15) is 4.79 Å². The fourth-order valence-electron chi connectivity index (χ4n) is 2.00. The molecule has 0 spiro atoms. The Hall–Kier alpha value is -1.55. The average molecular weight is 247 g/mol. The third-order valence-corrected chi connectivity index (χ3v) is 3.50. The molecule has 98 valence electrons. The van der Waals surface area contributed by atoms with Crippen molar-refractivity contribution in [3.05, 3.63) is 35.4 Å². The third-order valence-electron chi connectivity index (χ3n) is 3.50. The quantitative estimate of drug-likeness (QED) is 0.762. The van der Waals surface area contributed by atoms with Crippen molar-refractivity contribution in [1.29, 1.82) is 0 Å². The number of nitrogens with two attached hydrogens (primary N) is 1. The number of benzene rings is 1. The number of hydrogen-bond acceptors (Lipinski definition) is 2. The first kappa shape index (κ1) is 12.9. The number of rotatable bonds is 4. The highest BCUT2D eigenvalue weighted by molar-refractivity contribution is 5.74. The number of nitrogens with one attached hydrogen (secondary N) is 2. The molecule has 4 nitrogen and oxygen atoms in total. The van der Waals surface area contributed by atoms with E-state index in [0.717, 1.165) is 24.0 Å². The molecule has 0 aromatic heterocycles. The molecule has 1 saturated carbocycles. The van der Waals surface area contributed by atoms with Gasteiger partial charge in [-0.25, -0.2) is 4.79 Å². The van der Waals surface area contributed by atoms with Crippen molar-refractivity contribution >= 4 is 6.03 Å². The van der Waals surface area contributed by atoms with Gasteiger partial charge >= 0.3 is 6.03 Å². The standard InChI is InChI=1S/C14H21N3O/c1-10(12-7-5-11(9-15)6-8-12)16-14(18)17-13-3-2-4-13/h5-8,10,13H,2-4,9,15H2,1H3,(H2,16,17,18). The minimum absolute atomic E-state index is 0.0110. The van der Waals surface area contributed by atoms with Crippen molar-refractivity contribution in [3.8, 4) is 0 Å². The van der Waals surface area contributed by atoms with Crippen LogP contribution in [0.2, 0.25) is 0 Å². The first-order chi connectivity index (χ1) is 8.69. The maximum Gasteiger partial charge on any atom is 0.315 e. The Morgan fingerprint density at radius 2 is 2.06 bits per heavy atom. The first-order valence-electron chi connectivity index (χ1n) is 6.55. The van der Waals surface area contributed by atoms with E-state index in [2.05, 4.69) is 10.6 Å². The van der Waals surface area contributed by atoms with Crippen LogP contribution in [0, 0.1) is 0 Å². The zero-order chi connectivity index (χ0) is 13.0. The van der Waals surface area contributed by atoms with Gasteiger partial charge in [0.2, 0.25) is 0 Å². The Balaban J connectivity index is 1.85. The topological polar surface area (TPSA) is 67.2 Å². The molecule has 4 heteroatoms. The van der Waals surface area contributed by atoms with Gasteiger partial charge in [0, 0.05) is 12.6 Å². The van der Waals surface area contributed by atoms with E-state index in [1.165, 1.54) is 6.42 Å². The summed E-state index contributed by atoms with van der Waals surface area (Å²) in [5, 5.41) is 5.92. The SMILES string of the molecule is CC(NC(=O)NC1CCC1)c1ccc(CN)cc1. The monoisotopic (exact) mass is 247 g/mol. The lowest BCUT2D eigenvalue weighted by Gasteiger charge is -2.27. The molecule has 0 heterocycles. The molecule has 1 unspecified atom stereocenters. The lowest BCUT2D eigenvalue weighted by atomic mass is 9.93. The van der Waals surface area contributed by atoms with Gasteiger partial charge in [-0.2, -0.15) is 0 Å². The van der Waals surface area contributed by atoms with E-state index < -0.39 is 0 Å². The molecule has 0 aliphatic heterocycles. The Kier molecular flexibility index (Phi) is 4.20. The van der Waals surface area contributed by atoms with Crippen LogP contribution in [-0.4, -0.2) is 12.1 Å². The number of carbonyl (C=O) groups excluding carboxylic acids is 1. The van der Waals surface area contributed by atoms with Gasteiger partial charge in [-0.3, -0.25) is 0 Å². The number of carbonyl (C=O) groups is 1. The lowest BCUT2D eigenvalue weighted by molar-refractivity contribution is 0.225. The highest BCUT2D eigenvalue weighted by atomic mass is 16.2. The van der Waals surface area contributed by atoms with Gasteiger partial charge in [-0.1, -0.05) is 24.3 Å². The second-order valence-electron chi connectivity index (χ2n) is 4.91. The normalized spacial score (nSPS) is 16.8. The molecule has 1 aliphatic rings. The van der Waals surface area contributed by atoms with E-state index in [0.29, 0.717) is 12.6 Å². The number of hydrogen-bond donors (Lipinski definition) is 3. The zero-order valence-electron chi connectivity index (χ0n) is 10.8. The average Bonchev–Trinajstić information content (AvgIpc) is 2.34. The zero-order valence-corrected chi connectivity index (χ0v) is 10.8. The minimum Gasteiger partial charge on any atom is -0.335 e. The van der Waals surface area contributed by atoms with Crippen LogP contribution in [0.1, 0.15) is 43.4 Å². The molecule has 0 saturated heterocycles. The van der Waals surface area contributed by atoms with Crippen molar-refractivity contribution in [1.82, 2.24) is 10.6 Å². The van der Waals surface area contributed by atoms with Gasteiger partial charge in [0.25, 0.3) is 0 Å². The lowest BCUT2D eigenvalue weighted by Crippen LogP contribution is -2.45. The molecular weight excluding hydrogens is 226 g/mol. The number of urea groups is 1. The summed E-state index contributed by atoms with van der Waals surface area (Å²) in [6.07, 6.45) is 3.43. The summed E-state index contributed by atoms with van der Waals surface area (Å²) in [7, 11) is 0. The molecule has 1 aliphatic carbocycles. The molecular formula is C14H21N3O. The van der Waals surface area contributed by atoms with Crippen LogP contribution in [0.25, 0.3) is 0 Å². The van der Waals surface area contributed by atoms with Crippen LogP contribution in [0.3, 0.4) is 0 Å². The maximum atomic E-state index is 11.7. The Bertz CT molecular complexity index is 398. The van der Waals surface area contributed by atoms with E-state index in [-0.39, 0.29) is 12.1 Å². The summed E-state index contributed by atoms with van der Waals surface area (Å²) in [5.41, 5.74) is 7.75. The molecule has 0 bridgehead atoms. The summed E-state index contributed by atoms with van der Waals surface area (Å²) < 4.78 is 0. The van der Waals surface area contributed by atoms with E-state index in [1.54, 1.807) is 0 Å². The molecule has 4 N–H and O–H groups in total. The van der Waals surface area contributed by atoms with Crippen molar-refractivity contribution < 1.29 is 4.79 Å². The molecule has 1 fully saturated rings. The maximum absolute atomic E-state index is 11.7. The second kappa shape index (κ2) is 5.87. The van der Waals surface area contributed by atoms with Gasteiger partial charge in [0.15, 0.2) is 0 Å². The van der Waals surface area contributed by atoms with Gasteiger partial charge < -0.3 is 16.4 Å². The second-order valence-corrected chi connectivity index (χ2v) is 4.91. The smallest absolute Gasteiger partial charge is 0.315 e. The highest BCUT2D eigenvalue weighted by Gasteiger charge is 2.20. The van der Waals surface area contributed by atoms with Crippen LogP contribution in [0.4, 0.5) is 4.79 Å². The minimum atomic E-state index is -0.0740. The Morgan fingerprint density at radius 3 is 2.56 bits per heavy atom. The fourth-order valence-corrected chi connectivity index (χ4v) is 2.00. The largest absolute Gasteiger partial charge is 0.335 e. The summed E-state index contributed by atoms with van der Waals surface area (Å²) >= 11 is 0. The van der Waals surface area contributed by atoms with Crippen molar-refractivity contribution in [2.24, 2.45) is 5.73 Å².